The van der Waals surface area contributed by atoms with Gasteiger partial charge >= 0.3 is 0 Å². The average Bonchev–Trinajstić information content (AvgIpc) is 1.88. The third-order valence-electron chi connectivity index (χ3n) is 1.21. The smallest absolute Gasteiger partial charge is 0.115 e. The van der Waals surface area contributed by atoms with Crippen LogP contribution < -0.4 is 3.11 Å². The van der Waals surface area contributed by atoms with Gasteiger partial charge in [-0.05, 0) is 24.3 Å². The Hall–Kier alpha value is -0.450. The van der Waals surface area contributed by atoms with Gasteiger partial charge in [-0.25, -0.2) is 0 Å². The lowest BCUT2D eigenvalue weighted by atomic mass is 10.3. The zero-order chi connectivity index (χ0) is 7.56. The first-order chi connectivity index (χ1) is 4.70. The Kier molecular flexibility index (Phi) is 2.37. The van der Waals surface area contributed by atoms with Crippen LogP contribution in [0.3, 0.4) is 0 Å². The van der Waals surface area contributed by atoms with Gasteiger partial charge in [-0.3, -0.25) is 0 Å². The molecule has 0 amide bonds. The van der Waals surface area contributed by atoms with E-state index in [9.17, 15) is 0 Å². The summed E-state index contributed by atoms with van der Waals surface area (Å²) in [5, 5.41) is 8.92. The fourth-order valence-electron chi connectivity index (χ4n) is 0.658. The van der Waals surface area contributed by atoms with Crippen LogP contribution in [0.1, 0.15) is 0 Å². The summed E-state index contributed by atoms with van der Waals surface area (Å²) in [5.41, 5.74) is 1.08. The molecule has 1 N–H and O–H groups in total. The summed E-state index contributed by atoms with van der Waals surface area (Å²) in [6, 6.07) is 7.07. The molecule has 0 aromatic heterocycles. The zero-order valence-corrected chi connectivity index (χ0v) is 7.74. The van der Waals surface area contributed by atoms with Crippen molar-refractivity contribution in [2.75, 3.05) is 10.2 Å². The Morgan fingerprint density at radius 1 is 1.30 bits per heavy atom. The molecule has 0 saturated heterocycles. The van der Waals surface area contributed by atoms with Crippen LogP contribution in [-0.2, 0) is 0 Å². The third-order valence-corrected chi connectivity index (χ3v) is 1.76. The number of hydrogen-bond acceptors (Lipinski definition) is 2. The third kappa shape index (κ3) is 1.76. The maximum Gasteiger partial charge on any atom is 0.115 e. The minimum absolute atomic E-state index is 0.307. The summed E-state index contributed by atoms with van der Waals surface area (Å²) in [5.74, 6) is 0.307. The molecule has 0 bridgehead atoms. The number of benzene rings is 1. The number of halogens is 1. The van der Waals surface area contributed by atoms with Crippen molar-refractivity contribution in [1.29, 1.82) is 0 Å². The van der Waals surface area contributed by atoms with E-state index < -0.39 is 0 Å². The van der Waals surface area contributed by atoms with Crippen molar-refractivity contribution >= 4 is 28.6 Å². The molecule has 10 heavy (non-hydrogen) atoms. The van der Waals surface area contributed by atoms with Gasteiger partial charge in [-0.2, -0.15) is 0 Å². The highest BCUT2D eigenvalue weighted by Gasteiger charge is 1.93. The SMILES string of the molecule is CN(I)c1ccc(O)cc1. The van der Waals surface area contributed by atoms with Crippen LogP contribution >= 0.6 is 22.9 Å². The molecule has 0 aliphatic heterocycles. The molecule has 0 atom stereocenters. The highest BCUT2D eigenvalue weighted by molar-refractivity contribution is 14.1. The molecule has 0 spiro atoms. The van der Waals surface area contributed by atoms with Crippen molar-refractivity contribution in [2.24, 2.45) is 0 Å². The number of aromatic hydroxyl groups is 1. The quantitative estimate of drug-likeness (QED) is 0.609. The van der Waals surface area contributed by atoms with Crippen molar-refractivity contribution in [3.63, 3.8) is 0 Å². The van der Waals surface area contributed by atoms with Gasteiger partial charge in [0.25, 0.3) is 0 Å². The molecule has 0 heterocycles. The Morgan fingerprint density at radius 3 is 2.20 bits per heavy atom. The lowest BCUT2D eigenvalue weighted by Crippen LogP contribution is -1.97. The monoisotopic (exact) mass is 249 g/mol. The predicted molar refractivity (Wildman–Crippen MR) is 50.5 cm³/mol. The van der Waals surface area contributed by atoms with E-state index in [0.29, 0.717) is 5.75 Å². The molecule has 0 aliphatic carbocycles. The molecule has 0 radical (unpaired) electrons. The predicted octanol–water partition coefficient (Wildman–Crippen LogP) is 2.18. The number of anilines is 1. The van der Waals surface area contributed by atoms with Gasteiger partial charge < -0.3 is 8.22 Å². The molecule has 0 fully saturated rings. The number of nitrogens with zero attached hydrogens (tertiary/aromatic N) is 1. The van der Waals surface area contributed by atoms with Crippen LogP contribution in [0.25, 0.3) is 0 Å². The number of phenolic OH excluding ortho intramolecular Hbond substituents is 1. The second kappa shape index (κ2) is 3.09. The molecule has 0 saturated carbocycles. The average molecular weight is 249 g/mol. The van der Waals surface area contributed by atoms with E-state index in [1.54, 1.807) is 12.1 Å². The van der Waals surface area contributed by atoms with E-state index in [-0.39, 0.29) is 0 Å². The molecular formula is C7H8INO. The van der Waals surface area contributed by atoms with Crippen LogP contribution in [-0.4, -0.2) is 12.2 Å². The summed E-state index contributed by atoms with van der Waals surface area (Å²) in [4.78, 5) is 0. The molecule has 54 valence electrons. The Morgan fingerprint density at radius 2 is 1.80 bits per heavy atom. The van der Waals surface area contributed by atoms with Gasteiger partial charge in [-0.1, -0.05) is 0 Å². The van der Waals surface area contributed by atoms with E-state index in [0.717, 1.165) is 5.69 Å². The number of phenols is 1. The Balaban J connectivity index is 2.89. The Bertz CT molecular complexity index is 207. The van der Waals surface area contributed by atoms with Gasteiger partial charge in [-0.15, -0.1) is 0 Å². The maximum atomic E-state index is 8.92. The number of hydrogen-bond donors (Lipinski definition) is 1. The second-order valence-corrected chi connectivity index (χ2v) is 3.44. The first-order valence-electron chi connectivity index (χ1n) is 2.88. The van der Waals surface area contributed by atoms with Crippen LogP contribution in [0.2, 0.25) is 0 Å². The topological polar surface area (TPSA) is 23.5 Å². The van der Waals surface area contributed by atoms with Gasteiger partial charge in [0.05, 0.1) is 22.9 Å². The standard InChI is InChI=1S/C7H8INO/c1-9(8)6-2-4-7(10)5-3-6/h2-5,10H,1H3. The van der Waals surface area contributed by atoms with Gasteiger partial charge in [0.15, 0.2) is 0 Å². The van der Waals surface area contributed by atoms with Crippen molar-refractivity contribution < 1.29 is 5.11 Å². The summed E-state index contributed by atoms with van der Waals surface area (Å²) in [7, 11) is 1.95. The van der Waals surface area contributed by atoms with Gasteiger partial charge in [0, 0.05) is 12.7 Å². The van der Waals surface area contributed by atoms with Gasteiger partial charge in [0.1, 0.15) is 5.75 Å². The van der Waals surface area contributed by atoms with E-state index in [4.69, 9.17) is 5.11 Å². The fraction of sp³-hybridized carbons (Fsp3) is 0.143. The normalized spacial score (nSPS) is 9.40. The first-order valence-corrected chi connectivity index (χ1v) is 3.85. The van der Waals surface area contributed by atoms with E-state index >= 15 is 0 Å². The molecule has 3 heteroatoms. The summed E-state index contributed by atoms with van der Waals surface area (Å²) < 4.78 is 1.96. The van der Waals surface area contributed by atoms with Crippen molar-refractivity contribution in [2.45, 2.75) is 0 Å². The van der Waals surface area contributed by atoms with E-state index in [2.05, 4.69) is 22.9 Å². The van der Waals surface area contributed by atoms with Gasteiger partial charge in [0.2, 0.25) is 0 Å². The molecule has 1 rings (SSSR count). The van der Waals surface area contributed by atoms with E-state index in [1.807, 2.05) is 22.3 Å². The van der Waals surface area contributed by atoms with Crippen LogP contribution in [0.4, 0.5) is 5.69 Å². The van der Waals surface area contributed by atoms with Crippen molar-refractivity contribution in [3.05, 3.63) is 24.3 Å². The largest absolute Gasteiger partial charge is 0.508 e. The first kappa shape index (κ1) is 7.65. The molecule has 1 aromatic rings. The lowest BCUT2D eigenvalue weighted by molar-refractivity contribution is 0.475. The Labute approximate surface area is 74.0 Å². The summed E-state index contributed by atoms with van der Waals surface area (Å²) in [6.45, 7) is 0. The highest BCUT2D eigenvalue weighted by atomic mass is 127. The summed E-state index contributed by atoms with van der Waals surface area (Å²) >= 11 is 2.17. The minimum Gasteiger partial charge on any atom is -0.508 e. The highest BCUT2D eigenvalue weighted by Crippen LogP contribution is 2.18. The summed E-state index contributed by atoms with van der Waals surface area (Å²) in [6.07, 6.45) is 0. The van der Waals surface area contributed by atoms with Crippen LogP contribution in [0.15, 0.2) is 24.3 Å². The number of rotatable bonds is 1. The van der Waals surface area contributed by atoms with Crippen molar-refractivity contribution in [3.8, 4) is 5.75 Å². The van der Waals surface area contributed by atoms with Crippen LogP contribution in [0, 0.1) is 0 Å². The molecule has 0 unspecified atom stereocenters. The second-order valence-electron chi connectivity index (χ2n) is 1.99. The zero-order valence-electron chi connectivity index (χ0n) is 5.58. The maximum absolute atomic E-state index is 8.92. The minimum atomic E-state index is 0.307. The molecule has 2 nitrogen and oxygen atoms in total. The fourth-order valence-corrected chi connectivity index (χ4v) is 0.980. The molecular weight excluding hydrogens is 241 g/mol. The van der Waals surface area contributed by atoms with Crippen molar-refractivity contribution in [1.82, 2.24) is 0 Å². The molecule has 1 aromatic carbocycles. The molecule has 0 aliphatic rings. The lowest BCUT2D eigenvalue weighted by Gasteiger charge is -2.08. The van der Waals surface area contributed by atoms with E-state index in [1.165, 1.54) is 0 Å². The van der Waals surface area contributed by atoms with Crippen LogP contribution in [0.5, 0.6) is 5.75 Å².